The van der Waals surface area contributed by atoms with E-state index in [4.69, 9.17) is 28.4 Å². The van der Waals surface area contributed by atoms with Crippen LogP contribution in [0.4, 0.5) is 0 Å². The standard InChI is InChI=1S/C22H27NO12/c1-10(24)23-18-20(33-13(4)27)19(32-12(3)26)17(9-31-11(2)25)35-22(18)34-15-7-6-14(21(28)29)8-16(15)30-5/h6-8,17-20,22H,9H2,1-5H3,(H,23,24)(H,28,29). The molecule has 13 nitrogen and oxygen atoms in total. The molecule has 0 aromatic heterocycles. The predicted octanol–water partition coefficient (Wildman–Crippen LogP) is 0.428. The van der Waals surface area contributed by atoms with Crippen molar-refractivity contribution >= 4 is 29.8 Å². The van der Waals surface area contributed by atoms with Gasteiger partial charge in [0.05, 0.1) is 12.7 Å². The third kappa shape index (κ3) is 7.57. The third-order valence-corrected chi connectivity index (χ3v) is 4.72. The van der Waals surface area contributed by atoms with Crippen LogP contribution in [0.2, 0.25) is 0 Å². The highest BCUT2D eigenvalue weighted by molar-refractivity contribution is 5.88. The average molecular weight is 497 g/mol. The molecule has 5 atom stereocenters. The maximum absolute atomic E-state index is 12.0. The van der Waals surface area contributed by atoms with Gasteiger partial charge in [0, 0.05) is 27.7 Å². The number of esters is 3. The Morgan fingerprint density at radius 2 is 1.57 bits per heavy atom. The van der Waals surface area contributed by atoms with Crippen molar-refractivity contribution in [2.75, 3.05) is 13.7 Å². The Hall–Kier alpha value is -3.87. The van der Waals surface area contributed by atoms with E-state index in [1.807, 2.05) is 0 Å². The van der Waals surface area contributed by atoms with Crippen LogP contribution in [0.15, 0.2) is 18.2 Å². The minimum Gasteiger partial charge on any atom is -0.493 e. The summed E-state index contributed by atoms with van der Waals surface area (Å²) in [7, 11) is 1.29. The zero-order valence-corrected chi connectivity index (χ0v) is 19.8. The number of carboxylic acids is 1. The topological polar surface area (TPSA) is 173 Å². The molecule has 1 heterocycles. The van der Waals surface area contributed by atoms with Crippen molar-refractivity contribution in [3.8, 4) is 11.5 Å². The summed E-state index contributed by atoms with van der Waals surface area (Å²) in [6, 6.07) is 2.60. The zero-order valence-electron chi connectivity index (χ0n) is 19.8. The first-order valence-corrected chi connectivity index (χ1v) is 10.4. The summed E-state index contributed by atoms with van der Waals surface area (Å²) in [4.78, 5) is 58.4. The summed E-state index contributed by atoms with van der Waals surface area (Å²) < 4.78 is 32.7. The number of aromatic carboxylic acids is 1. The van der Waals surface area contributed by atoms with Crippen molar-refractivity contribution in [2.45, 2.75) is 58.3 Å². The van der Waals surface area contributed by atoms with Crippen molar-refractivity contribution in [2.24, 2.45) is 0 Å². The number of hydrogen-bond acceptors (Lipinski definition) is 11. The first-order valence-electron chi connectivity index (χ1n) is 10.4. The summed E-state index contributed by atoms with van der Waals surface area (Å²) in [6.07, 6.45) is -5.11. The lowest BCUT2D eigenvalue weighted by molar-refractivity contribution is -0.257. The van der Waals surface area contributed by atoms with Gasteiger partial charge in [0.1, 0.15) is 18.8 Å². The molecule has 1 aliphatic heterocycles. The lowest BCUT2D eigenvalue weighted by Gasteiger charge is -2.44. The van der Waals surface area contributed by atoms with E-state index in [-0.39, 0.29) is 17.1 Å². The molecule has 2 rings (SSSR count). The van der Waals surface area contributed by atoms with E-state index in [9.17, 15) is 29.1 Å². The van der Waals surface area contributed by atoms with Crippen LogP contribution < -0.4 is 14.8 Å². The summed E-state index contributed by atoms with van der Waals surface area (Å²) in [5.74, 6) is -3.80. The van der Waals surface area contributed by atoms with Crippen molar-refractivity contribution in [3.63, 3.8) is 0 Å². The number of rotatable bonds is 9. The van der Waals surface area contributed by atoms with Crippen LogP contribution in [0.1, 0.15) is 38.1 Å². The molecule has 1 amide bonds. The Bertz CT molecular complexity index is 977. The van der Waals surface area contributed by atoms with Gasteiger partial charge < -0.3 is 38.8 Å². The number of carboxylic acid groups (broad SMARTS) is 1. The molecule has 1 aliphatic rings. The van der Waals surface area contributed by atoms with Crippen LogP contribution in [-0.2, 0) is 38.1 Å². The number of carbonyl (C=O) groups excluding carboxylic acids is 4. The normalized spacial score (nSPS) is 23.4. The molecule has 1 saturated heterocycles. The summed E-state index contributed by atoms with van der Waals surface area (Å²) >= 11 is 0. The minimum absolute atomic E-state index is 0.0385. The molecule has 5 unspecified atom stereocenters. The van der Waals surface area contributed by atoms with Crippen molar-refractivity contribution in [1.82, 2.24) is 5.32 Å². The molecular weight excluding hydrogens is 470 g/mol. The molecule has 0 radical (unpaired) electrons. The molecule has 0 aliphatic carbocycles. The number of ether oxygens (including phenoxy) is 6. The van der Waals surface area contributed by atoms with E-state index < -0.39 is 67.0 Å². The minimum atomic E-state index is -1.37. The Kier molecular flexibility index (Phi) is 9.40. The van der Waals surface area contributed by atoms with Crippen LogP contribution in [0.3, 0.4) is 0 Å². The maximum atomic E-state index is 12.0. The number of carbonyl (C=O) groups is 5. The fraction of sp³-hybridized carbons (Fsp3) is 0.500. The van der Waals surface area contributed by atoms with Gasteiger partial charge in [-0.15, -0.1) is 0 Å². The van der Waals surface area contributed by atoms with Crippen LogP contribution in [-0.4, -0.2) is 79.3 Å². The van der Waals surface area contributed by atoms with Crippen LogP contribution in [0, 0.1) is 0 Å². The molecule has 2 N–H and O–H groups in total. The SMILES string of the molecule is COc1cc(C(=O)O)ccc1OC1OC(COC(C)=O)C(OC(C)=O)C(OC(C)=O)C1NC(C)=O. The van der Waals surface area contributed by atoms with Crippen LogP contribution >= 0.6 is 0 Å². The predicted molar refractivity (Wildman–Crippen MR) is 115 cm³/mol. The highest BCUT2D eigenvalue weighted by atomic mass is 16.7. The highest BCUT2D eigenvalue weighted by Crippen LogP contribution is 2.33. The number of benzene rings is 1. The van der Waals surface area contributed by atoms with E-state index >= 15 is 0 Å². The fourth-order valence-corrected chi connectivity index (χ4v) is 3.41. The van der Waals surface area contributed by atoms with Gasteiger partial charge in [0.2, 0.25) is 12.2 Å². The quantitative estimate of drug-likeness (QED) is 0.356. The largest absolute Gasteiger partial charge is 0.493 e. The maximum Gasteiger partial charge on any atom is 0.335 e. The molecule has 13 heteroatoms. The van der Waals surface area contributed by atoms with Crippen LogP contribution in [0.25, 0.3) is 0 Å². The molecule has 35 heavy (non-hydrogen) atoms. The van der Waals surface area contributed by atoms with Gasteiger partial charge >= 0.3 is 23.9 Å². The van der Waals surface area contributed by atoms with E-state index in [2.05, 4.69) is 5.32 Å². The molecule has 1 aromatic carbocycles. The summed E-state index contributed by atoms with van der Waals surface area (Å²) in [5.41, 5.74) is -0.0716. The van der Waals surface area contributed by atoms with Gasteiger partial charge in [-0.05, 0) is 18.2 Å². The smallest absolute Gasteiger partial charge is 0.335 e. The number of nitrogens with one attached hydrogen (secondary N) is 1. The van der Waals surface area contributed by atoms with Crippen molar-refractivity contribution in [1.29, 1.82) is 0 Å². The second-order valence-electron chi connectivity index (χ2n) is 7.51. The van der Waals surface area contributed by atoms with Gasteiger partial charge in [-0.3, -0.25) is 19.2 Å². The van der Waals surface area contributed by atoms with Crippen LogP contribution in [0.5, 0.6) is 11.5 Å². The number of amides is 1. The summed E-state index contributed by atoms with van der Waals surface area (Å²) in [6.45, 7) is 4.22. The second-order valence-corrected chi connectivity index (χ2v) is 7.51. The Labute approximate surface area is 200 Å². The molecule has 0 saturated carbocycles. The van der Waals surface area contributed by atoms with E-state index in [0.717, 1.165) is 20.8 Å². The van der Waals surface area contributed by atoms with Crippen molar-refractivity contribution < 1.29 is 57.5 Å². The Balaban J connectivity index is 2.52. The first-order chi connectivity index (χ1) is 16.4. The zero-order chi connectivity index (χ0) is 26.3. The Morgan fingerprint density at radius 3 is 2.09 bits per heavy atom. The van der Waals surface area contributed by atoms with Gasteiger partial charge in [-0.1, -0.05) is 0 Å². The molecule has 0 spiro atoms. The van der Waals surface area contributed by atoms with E-state index in [1.54, 1.807) is 0 Å². The van der Waals surface area contributed by atoms with E-state index in [1.165, 1.54) is 32.2 Å². The van der Waals surface area contributed by atoms with Gasteiger partial charge in [-0.2, -0.15) is 0 Å². The van der Waals surface area contributed by atoms with E-state index in [0.29, 0.717) is 0 Å². The van der Waals surface area contributed by atoms with Gasteiger partial charge in [0.15, 0.2) is 23.7 Å². The molecule has 0 bridgehead atoms. The first kappa shape index (κ1) is 27.4. The number of methoxy groups -OCH3 is 1. The summed E-state index contributed by atoms with van der Waals surface area (Å²) in [5, 5.41) is 11.8. The van der Waals surface area contributed by atoms with Gasteiger partial charge in [0.25, 0.3) is 0 Å². The van der Waals surface area contributed by atoms with Crippen molar-refractivity contribution in [3.05, 3.63) is 23.8 Å². The average Bonchev–Trinajstić information content (AvgIpc) is 2.75. The number of hydrogen-bond donors (Lipinski definition) is 2. The third-order valence-electron chi connectivity index (χ3n) is 4.72. The fourth-order valence-electron chi connectivity index (χ4n) is 3.41. The highest BCUT2D eigenvalue weighted by Gasteiger charge is 2.52. The molecular formula is C22H27NO12. The lowest BCUT2D eigenvalue weighted by Crippen LogP contribution is -2.67. The van der Waals surface area contributed by atoms with Gasteiger partial charge in [-0.25, -0.2) is 4.79 Å². The Morgan fingerprint density at radius 1 is 0.943 bits per heavy atom. The second kappa shape index (κ2) is 12.0. The molecule has 1 fully saturated rings. The monoisotopic (exact) mass is 497 g/mol. The lowest BCUT2D eigenvalue weighted by atomic mass is 9.96. The molecule has 1 aromatic rings. The molecule has 192 valence electrons.